The summed E-state index contributed by atoms with van der Waals surface area (Å²) in [7, 11) is 1.35. The Kier molecular flexibility index (Phi) is 3.64. The Morgan fingerprint density at radius 1 is 1.61 bits per heavy atom. The second-order valence-electron chi connectivity index (χ2n) is 4.63. The van der Waals surface area contributed by atoms with E-state index in [1.807, 2.05) is 6.92 Å². The van der Waals surface area contributed by atoms with Gasteiger partial charge in [0, 0.05) is 11.7 Å². The quantitative estimate of drug-likeness (QED) is 0.758. The zero-order valence-corrected chi connectivity index (χ0v) is 10.5. The van der Waals surface area contributed by atoms with Gasteiger partial charge in [0.1, 0.15) is 5.69 Å². The summed E-state index contributed by atoms with van der Waals surface area (Å²) in [6, 6.07) is 1.53. The van der Waals surface area contributed by atoms with E-state index in [1.54, 1.807) is 6.07 Å². The lowest BCUT2D eigenvalue weighted by atomic mass is 10.1. The van der Waals surface area contributed by atoms with E-state index in [1.165, 1.54) is 7.11 Å². The molecule has 0 aromatic carbocycles. The second-order valence-corrected chi connectivity index (χ2v) is 4.63. The van der Waals surface area contributed by atoms with Crippen molar-refractivity contribution >= 4 is 11.9 Å². The molecule has 1 heterocycles. The van der Waals surface area contributed by atoms with Crippen molar-refractivity contribution in [3.8, 4) is 0 Å². The summed E-state index contributed by atoms with van der Waals surface area (Å²) in [5.74, 6) is -0.168. The minimum Gasteiger partial charge on any atom is -0.469 e. The van der Waals surface area contributed by atoms with Crippen LogP contribution in [0.2, 0.25) is 0 Å². The van der Waals surface area contributed by atoms with Crippen LogP contribution >= 0.6 is 0 Å². The number of nitrogens with zero attached hydrogens (tertiary/aromatic N) is 1. The molecule has 0 spiro atoms. The summed E-state index contributed by atoms with van der Waals surface area (Å²) in [5.41, 5.74) is 1.18. The summed E-state index contributed by atoms with van der Waals surface area (Å²) in [6.45, 7) is 1.83. The highest BCUT2D eigenvalue weighted by atomic mass is 16.5. The van der Waals surface area contributed by atoms with E-state index in [0.29, 0.717) is 11.6 Å². The minimum absolute atomic E-state index is 0.151. The molecule has 98 valence electrons. The minimum atomic E-state index is -0.301. The highest BCUT2D eigenvalue weighted by Crippen LogP contribution is 2.34. The number of carbonyl (C=O) groups excluding carboxylic acids is 2. The van der Waals surface area contributed by atoms with E-state index in [0.717, 1.165) is 18.5 Å². The van der Waals surface area contributed by atoms with Crippen LogP contribution in [0.15, 0.2) is 6.07 Å². The molecule has 0 radical (unpaired) electrons. The van der Waals surface area contributed by atoms with Gasteiger partial charge in [-0.25, -0.2) is 0 Å². The maximum Gasteiger partial charge on any atom is 0.307 e. The first-order valence-electron chi connectivity index (χ1n) is 6.00. The van der Waals surface area contributed by atoms with E-state index < -0.39 is 0 Å². The van der Waals surface area contributed by atoms with Crippen molar-refractivity contribution in [2.24, 2.45) is 5.92 Å². The Labute approximate surface area is 105 Å². The van der Waals surface area contributed by atoms with Crippen LogP contribution in [0.1, 0.15) is 35.4 Å². The molecule has 0 saturated heterocycles. The fourth-order valence-electron chi connectivity index (χ4n) is 1.87. The molecule has 18 heavy (non-hydrogen) atoms. The summed E-state index contributed by atoms with van der Waals surface area (Å²) >= 11 is 0. The number of methoxy groups -OCH3 is 1. The van der Waals surface area contributed by atoms with Gasteiger partial charge in [0.15, 0.2) is 0 Å². The third kappa shape index (κ3) is 3.09. The molecule has 1 aliphatic rings. The zero-order valence-electron chi connectivity index (χ0n) is 10.5. The van der Waals surface area contributed by atoms with Gasteiger partial charge in [-0.3, -0.25) is 14.7 Å². The standard InChI is InChI=1S/C12H17N3O3/c1-7-5-10(15-14-7)12(17)13-9(8-3-4-8)6-11(16)18-2/h5,8-9H,3-4,6H2,1-2H3,(H,13,17)(H,14,15). The molecule has 1 amide bonds. The highest BCUT2D eigenvalue weighted by molar-refractivity contribution is 5.92. The SMILES string of the molecule is COC(=O)CC(NC(=O)c1cc(C)[nH]n1)C1CC1. The lowest BCUT2D eigenvalue weighted by Gasteiger charge is -2.16. The Morgan fingerprint density at radius 2 is 2.33 bits per heavy atom. The van der Waals surface area contributed by atoms with E-state index in [4.69, 9.17) is 0 Å². The van der Waals surface area contributed by atoms with Crippen LogP contribution < -0.4 is 5.32 Å². The first kappa shape index (κ1) is 12.6. The number of aromatic amines is 1. The summed E-state index contributed by atoms with van der Waals surface area (Å²) in [5, 5.41) is 9.46. The van der Waals surface area contributed by atoms with E-state index in [2.05, 4.69) is 20.3 Å². The van der Waals surface area contributed by atoms with E-state index >= 15 is 0 Å². The molecule has 6 nitrogen and oxygen atoms in total. The summed E-state index contributed by atoms with van der Waals surface area (Å²) in [4.78, 5) is 23.2. The zero-order chi connectivity index (χ0) is 13.1. The van der Waals surface area contributed by atoms with Crippen LogP contribution in [0.3, 0.4) is 0 Å². The first-order valence-corrected chi connectivity index (χ1v) is 6.00. The number of H-pyrrole nitrogens is 1. The molecular weight excluding hydrogens is 234 g/mol. The smallest absolute Gasteiger partial charge is 0.307 e. The normalized spacial score (nSPS) is 16.1. The van der Waals surface area contributed by atoms with Gasteiger partial charge in [0.25, 0.3) is 5.91 Å². The van der Waals surface area contributed by atoms with Crippen molar-refractivity contribution in [3.63, 3.8) is 0 Å². The molecule has 1 aromatic heterocycles. The molecule has 0 bridgehead atoms. The number of amides is 1. The molecule has 1 unspecified atom stereocenters. The molecule has 2 rings (SSSR count). The largest absolute Gasteiger partial charge is 0.469 e. The number of esters is 1. The number of hydrogen-bond donors (Lipinski definition) is 2. The molecule has 1 atom stereocenters. The summed E-state index contributed by atoms with van der Waals surface area (Å²) < 4.78 is 4.64. The Hall–Kier alpha value is -1.85. The number of aryl methyl sites for hydroxylation is 1. The van der Waals surface area contributed by atoms with Crippen LogP contribution in [0.25, 0.3) is 0 Å². The van der Waals surface area contributed by atoms with Crippen molar-refractivity contribution in [1.29, 1.82) is 0 Å². The number of aromatic nitrogens is 2. The van der Waals surface area contributed by atoms with Gasteiger partial charge in [0.05, 0.1) is 13.5 Å². The number of nitrogens with one attached hydrogen (secondary N) is 2. The molecule has 1 aromatic rings. The Balaban J connectivity index is 1.96. The van der Waals surface area contributed by atoms with Crippen LogP contribution in [-0.2, 0) is 9.53 Å². The predicted octanol–water partition coefficient (Wildman–Crippen LogP) is 0.790. The molecule has 0 aliphatic heterocycles. The highest BCUT2D eigenvalue weighted by Gasteiger charge is 2.34. The van der Waals surface area contributed by atoms with E-state index in [9.17, 15) is 9.59 Å². The number of carbonyl (C=O) groups is 2. The third-order valence-electron chi connectivity index (χ3n) is 3.06. The number of rotatable bonds is 5. The topological polar surface area (TPSA) is 84.1 Å². The first-order chi connectivity index (χ1) is 8.60. The van der Waals surface area contributed by atoms with Gasteiger partial charge in [-0.15, -0.1) is 0 Å². The van der Waals surface area contributed by atoms with Crippen molar-refractivity contribution in [3.05, 3.63) is 17.5 Å². The lowest BCUT2D eigenvalue weighted by molar-refractivity contribution is -0.141. The van der Waals surface area contributed by atoms with Gasteiger partial charge >= 0.3 is 5.97 Å². The molecular formula is C12H17N3O3. The van der Waals surface area contributed by atoms with Crippen molar-refractivity contribution in [2.75, 3.05) is 7.11 Å². The maximum absolute atomic E-state index is 11.9. The van der Waals surface area contributed by atoms with Crippen molar-refractivity contribution in [2.45, 2.75) is 32.2 Å². The maximum atomic E-state index is 11.9. The fraction of sp³-hybridized carbons (Fsp3) is 0.583. The average molecular weight is 251 g/mol. The lowest BCUT2D eigenvalue weighted by Crippen LogP contribution is -2.38. The van der Waals surface area contributed by atoms with Crippen molar-refractivity contribution < 1.29 is 14.3 Å². The second kappa shape index (κ2) is 5.20. The van der Waals surface area contributed by atoms with Crippen molar-refractivity contribution in [1.82, 2.24) is 15.5 Å². The molecule has 6 heteroatoms. The molecule has 2 N–H and O–H groups in total. The fourth-order valence-corrected chi connectivity index (χ4v) is 1.87. The Bertz CT molecular complexity index is 451. The predicted molar refractivity (Wildman–Crippen MR) is 63.9 cm³/mol. The van der Waals surface area contributed by atoms with Gasteiger partial charge in [-0.05, 0) is 31.7 Å². The number of ether oxygens (including phenoxy) is 1. The van der Waals surface area contributed by atoms with Crippen LogP contribution in [0, 0.1) is 12.8 Å². The third-order valence-corrected chi connectivity index (χ3v) is 3.06. The van der Waals surface area contributed by atoms with Gasteiger partial charge in [-0.1, -0.05) is 0 Å². The van der Waals surface area contributed by atoms with E-state index in [-0.39, 0.29) is 24.3 Å². The monoisotopic (exact) mass is 251 g/mol. The van der Waals surface area contributed by atoms with Gasteiger partial charge in [0.2, 0.25) is 0 Å². The number of hydrogen-bond acceptors (Lipinski definition) is 4. The molecule has 1 aliphatic carbocycles. The van der Waals surface area contributed by atoms with Gasteiger partial charge < -0.3 is 10.1 Å². The summed E-state index contributed by atoms with van der Waals surface area (Å²) in [6.07, 6.45) is 2.30. The average Bonchev–Trinajstić information content (AvgIpc) is 3.10. The van der Waals surface area contributed by atoms with Crippen LogP contribution in [-0.4, -0.2) is 35.2 Å². The Morgan fingerprint density at radius 3 is 2.83 bits per heavy atom. The van der Waals surface area contributed by atoms with Crippen LogP contribution in [0.5, 0.6) is 0 Å². The molecule has 1 saturated carbocycles. The van der Waals surface area contributed by atoms with Gasteiger partial charge in [-0.2, -0.15) is 5.10 Å². The van der Waals surface area contributed by atoms with Crippen LogP contribution in [0.4, 0.5) is 0 Å². The molecule has 1 fully saturated rings.